The predicted octanol–water partition coefficient (Wildman–Crippen LogP) is 2.10. The lowest BCUT2D eigenvalue weighted by Gasteiger charge is -1.92. The summed E-state index contributed by atoms with van der Waals surface area (Å²) in [6.45, 7) is 2.11. The Hall–Kier alpha value is -0.500. The van der Waals surface area contributed by atoms with Gasteiger partial charge in [0, 0.05) is 17.6 Å². The Balaban J connectivity index is 2.92. The first-order chi connectivity index (χ1) is 3.84. The van der Waals surface area contributed by atoms with Crippen molar-refractivity contribution in [1.82, 2.24) is 0 Å². The van der Waals surface area contributed by atoms with Gasteiger partial charge in [0.05, 0.1) is 0 Å². The zero-order valence-corrected chi connectivity index (χ0v) is 5.88. The van der Waals surface area contributed by atoms with Crippen molar-refractivity contribution in [2.24, 2.45) is 0 Å². The van der Waals surface area contributed by atoms with Crippen LogP contribution in [-0.4, -0.2) is 7.05 Å². The van der Waals surface area contributed by atoms with Crippen LogP contribution in [0, 0.1) is 6.92 Å². The van der Waals surface area contributed by atoms with Crippen molar-refractivity contribution < 1.29 is 0 Å². The van der Waals surface area contributed by atoms with Crippen LogP contribution in [0.25, 0.3) is 0 Å². The molecule has 2 heteroatoms. The quantitative estimate of drug-likeness (QED) is 0.609. The average Bonchev–Trinajstić information content (AvgIpc) is 2.14. The van der Waals surface area contributed by atoms with E-state index in [2.05, 4.69) is 23.7 Å². The van der Waals surface area contributed by atoms with Gasteiger partial charge < -0.3 is 5.32 Å². The van der Waals surface area contributed by atoms with Gasteiger partial charge in [0.15, 0.2) is 0 Å². The van der Waals surface area contributed by atoms with Gasteiger partial charge in [-0.1, -0.05) is 0 Å². The summed E-state index contributed by atoms with van der Waals surface area (Å²) >= 11 is 1.77. The molecule has 0 fully saturated rings. The summed E-state index contributed by atoms with van der Waals surface area (Å²) < 4.78 is 0. The highest BCUT2D eigenvalue weighted by Crippen LogP contribution is 2.18. The molecule has 0 aliphatic carbocycles. The fourth-order valence-electron chi connectivity index (χ4n) is 0.644. The van der Waals surface area contributed by atoms with Gasteiger partial charge >= 0.3 is 0 Å². The van der Waals surface area contributed by atoms with Crippen molar-refractivity contribution in [2.75, 3.05) is 12.4 Å². The topological polar surface area (TPSA) is 12.0 Å². The average molecular weight is 127 g/mol. The minimum atomic E-state index is 1.25. The summed E-state index contributed by atoms with van der Waals surface area (Å²) in [5.74, 6) is 0. The second kappa shape index (κ2) is 2.18. The van der Waals surface area contributed by atoms with Gasteiger partial charge in [0.25, 0.3) is 0 Å². The Morgan fingerprint density at radius 3 is 2.62 bits per heavy atom. The summed E-state index contributed by atoms with van der Waals surface area (Å²) in [5, 5.41) is 5.17. The minimum Gasteiger partial charge on any atom is -0.387 e. The first-order valence-corrected chi connectivity index (χ1v) is 3.44. The number of thiophene rings is 1. The van der Waals surface area contributed by atoms with E-state index in [0.29, 0.717) is 0 Å². The maximum atomic E-state index is 3.09. The van der Waals surface area contributed by atoms with Gasteiger partial charge in [-0.15, -0.1) is 11.3 Å². The summed E-state index contributed by atoms with van der Waals surface area (Å²) in [6.07, 6.45) is 0. The number of rotatable bonds is 1. The van der Waals surface area contributed by atoms with E-state index in [1.54, 1.807) is 11.3 Å². The van der Waals surface area contributed by atoms with E-state index < -0.39 is 0 Å². The highest BCUT2D eigenvalue weighted by atomic mass is 32.1. The first kappa shape index (κ1) is 5.63. The van der Waals surface area contributed by atoms with Crippen LogP contribution in [0.15, 0.2) is 11.4 Å². The molecular formula is C6H9NS. The molecular weight excluding hydrogens is 118 g/mol. The van der Waals surface area contributed by atoms with Gasteiger partial charge in [-0.2, -0.15) is 0 Å². The van der Waals surface area contributed by atoms with Crippen molar-refractivity contribution in [3.63, 3.8) is 0 Å². The Morgan fingerprint density at radius 2 is 2.38 bits per heavy atom. The molecule has 0 aromatic carbocycles. The lowest BCUT2D eigenvalue weighted by Crippen LogP contribution is -1.84. The molecule has 0 bridgehead atoms. The number of anilines is 1. The second-order valence-electron chi connectivity index (χ2n) is 1.64. The van der Waals surface area contributed by atoms with Crippen LogP contribution in [0.4, 0.5) is 5.69 Å². The molecule has 1 aromatic rings. The molecule has 0 atom stereocenters. The molecule has 1 N–H and O–H groups in total. The van der Waals surface area contributed by atoms with E-state index in [1.165, 1.54) is 10.6 Å². The van der Waals surface area contributed by atoms with Crippen LogP contribution in [0.3, 0.4) is 0 Å². The Bertz CT molecular complexity index is 169. The zero-order valence-electron chi connectivity index (χ0n) is 5.06. The predicted molar refractivity (Wildman–Crippen MR) is 38.6 cm³/mol. The number of hydrogen-bond donors (Lipinski definition) is 1. The maximum Gasteiger partial charge on any atom is 0.0476 e. The van der Waals surface area contributed by atoms with Crippen LogP contribution >= 0.6 is 11.3 Å². The van der Waals surface area contributed by atoms with E-state index in [1.807, 2.05) is 7.05 Å². The van der Waals surface area contributed by atoms with Gasteiger partial charge in [-0.05, 0) is 18.4 Å². The standard InChI is InChI=1S/C6H9NS/c1-5-6(7-2)3-4-8-5/h3-4,7H,1-2H3. The lowest BCUT2D eigenvalue weighted by atomic mass is 10.4. The molecule has 1 aromatic heterocycles. The molecule has 0 amide bonds. The lowest BCUT2D eigenvalue weighted by molar-refractivity contribution is 1.49. The molecule has 1 rings (SSSR count). The molecule has 1 heterocycles. The van der Waals surface area contributed by atoms with E-state index in [-0.39, 0.29) is 0 Å². The van der Waals surface area contributed by atoms with E-state index >= 15 is 0 Å². The zero-order chi connectivity index (χ0) is 5.98. The van der Waals surface area contributed by atoms with Crippen molar-refractivity contribution in [3.8, 4) is 0 Å². The third-order valence-electron chi connectivity index (χ3n) is 1.13. The number of hydrogen-bond acceptors (Lipinski definition) is 2. The minimum absolute atomic E-state index is 1.25. The highest BCUT2D eigenvalue weighted by Gasteiger charge is 1.91. The van der Waals surface area contributed by atoms with Crippen molar-refractivity contribution in [1.29, 1.82) is 0 Å². The van der Waals surface area contributed by atoms with Crippen LogP contribution in [-0.2, 0) is 0 Å². The Labute approximate surface area is 53.4 Å². The molecule has 0 radical (unpaired) electrons. The molecule has 44 valence electrons. The van der Waals surface area contributed by atoms with Gasteiger partial charge in [-0.25, -0.2) is 0 Å². The summed E-state index contributed by atoms with van der Waals surface area (Å²) in [6, 6.07) is 2.08. The Morgan fingerprint density at radius 1 is 1.62 bits per heavy atom. The summed E-state index contributed by atoms with van der Waals surface area (Å²) in [5.41, 5.74) is 1.25. The smallest absolute Gasteiger partial charge is 0.0476 e. The van der Waals surface area contributed by atoms with Crippen molar-refractivity contribution in [2.45, 2.75) is 6.92 Å². The van der Waals surface area contributed by atoms with E-state index in [9.17, 15) is 0 Å². The largest absolute Gasteiger partial charge is 0.387 e. The monoisotopic (exact) mass is 127 g/mol. The van der Waals surface area contributed by atoms with Gasteiger partial charge in [0.2, 0.25) is 0 Å². The van der Waals surface area contributed by atoms with E-state index in [4.69, 9.17) is 0 Å². The molecule has 0 aliphatic rings. The van der Waals surface area contributed by atoms with Crippen LogP contribution in [0.1, 0.15) is 4.88 Å². The highest BCUT2D eigenvalue weighted by molar-refractivity contribution is 7.10. The normalized spacial score (nSPS) is 9.25. The third-order valence-corrected chi connectivity index (χ3v) is 1.97. The summed E-state index contributed by atoms with van der Waals surface area (Å²) in [4.78, 5) is 1.35. The molecule has 8 heavy (non-hydrogen) atoms. The van der Waals surface area contributed by atoms with Crippen molar-refractivity contribution in [3.05, 3.63) is 16.3 Å². The van der Waals surface area contributed by atoms with Crippen molar-refractivity contribution >= 4 is 17.0 Å². The molecule has 0 aliphatic heterocycles. The molecule has 0 saturated heterocycles. The van der Waals surface area contributed by atoms with Crippen LogP contribution in [0.2, 0.25) is 0 Å². The Kier molecular flexibility index (Phi) is 1.53. The van der Waals surface area contributed by atoms with Gasteiger partial charge in [0.1, 0.15) is 0 Å². The van der Waals surface area contributed by atoms with Crippen LogP contribution in [0.5, 0.6) is 0 Å². The summed E-state index contributed by atoms with van der Waals surface area (Å²) in [7, 11) is 1.94. The van der Waals surface area contributed by atoms with E-state index in [0.717, 1.165) is 0 Å². The van der Waals surface area contributed by atoms with Gasteiger partial charge in [-0.3, -0.25) is 0 Å². The maximum absolute atomic E-state index is 3.09. The third kappa shape index (κ3) is 0.842. The number of nitrogens with one attached hydrogen (secondary N) is 1. The second-order valence-corrected chi connectivity index (χ2v) is 2.76. The SMILES string of the molecule is CNc1ccsc1C. The molecule has 1 nitrogen and oxygen atoms in total. The van der Waals surface area contributed by atoms with Crippen LogP contribution < -0.4 is 5.32 Å². The molecule has 0 unspecified atom stereocenters. The molecule has 0 saturated carbocycles. The fraction of sp³-hybridized carbons (Fsp3) is 0.333. The first-order valence-electron chi connectivity index (χ1n) is 2.56. The molecule has 0 spiro atoms. The fourth-order valence-corrected chi connectivity index (χ4v) is 1.35. The number of aryl methyl sites for hydroxylation is 1.